The molecule has 11 heteroatoms. The van der Waals surface area contributed by atoms with Crippen LogP contribution in [-0.4, -0.2) is 32.8 Å². The molecule has 3 rings (SSSR count). The van der Waals surface area contributed by atoms with E-state index in [2.05, 4.69) is 15.6 Å². The Bertz CT molecular complexity index is 1200. The van der Waals surface area contributed by atoms with Gasteiger partial charge in [-0.25, -0.2) is 14.2 Å². The first-order chi connectivity index (χ1) is 13.8. The first kappa shape index (κ1) is 20.1. The van der Waals surface area contributed by atoms with E-state index in [0.29, 0.717) is 16.4 Å². The van der Waals surface area contributed by atoms with E-state index < -0.39 is 17.2 Å². The maximum atomic E-state index is 13.0. The summed E-state index contributed by atoms with van der Waals surface area (Å²) >= 11 is 1.20. The third-order valence-electron chi connectivity index (χ3n) is 4.16. The number of aromatic nitrogens is 3. The number of carbonyl (C=O) groups is 1. The van der Waals surface area contributed by atoms with Gasteiger partial charge in [-0.3, -0.25) is 18.7 Å². The van der Waals surface area contributed by atoms with E-state index in [1.807, 2.05) is 0 Å². The van der Waals surface area contributed by atoms with Crippen LogP contribution in [0.1, 0.15) is 5.69 Å². The lowest BCUT2D eigenvalue weighted by Crippen LogP contribution is -2.41. The van der Waals surface area contributed by atoms with Crippen molar-refractivity contribution >= 4 is 34.3 Å². The lowest BCUT2D eigenvalue weighted by molar-refractivity contribution is -0.114. The maximum absolute atomic E-state index is 13.0. The van der Waals surface area contributed by atoms with E-state index in [-0.39, 0.29) is 23.7 Å². The normalized spacial score (nSPS) is 10.6. The van der Waals surface area contributed by atoms with Gasteiger partial charge >= 0.3 is 5.69 Å². The molecule has 2 heterocycles. The lowest BCUT2D eigenvalue weighted by atomic mass is 10.2. The maximum Gasteiger partial charge on any atom is 0.331 e. The van der Waals surface area contributed by atoms with Gasteiger partial charge in [0.25, 0.3) is 5.56 Å². The van der Waals surface area contributed by atoms with Crippen molar-refractivity contribution in [2.75, 3.05) is 17.2 Å². The van der Waals surface area contributed by atoms with Crippen LogP contribution in [0, 0.1) is 11.2 Å². The minimum atomic E-state index is -0.632. The molecule has 1 amide bonds. The van der Waals surface area contributed by atoms with Crippen LogP contribution in [-0.2, 0) is 18.9 Å². The zero-order chi connectivity index (χ0) is 21.1. The molecule has 150 valence electrons. The second kappa shape index (κ2) is 8.19. The number of benzene rings is 1. The van der Waals surface area contributed by atoms with Crippen molar-refractivity contribution in [2.24, 2.45) is 14.1 Å². The molecule has 1 aromatic carbocycles. The topological polar surface area (TPSA) is 122 Å². The van der Waals surface area contributed by atoms with Gasteiger partial charge in [0.15, 0.2) is 5.13 Å². The average molecular weight is 416 g/mol. The third-order valence-corrected chi connectivity index (χ3v) is 4.92. The van der Waals surface area contributed by atoms with E-state index in [9.17, 15) is 18.8 Å². The molecular formula is C18H17FN6O3S. The summed E-state index contributed by atoms with van der Waals surface area (Å²) in [5.74, 6) is -0.811. The summed E-state index contributed by atoms with van der Waals surface area (Å²) < 4.78 is 15.1. The second-order valence-corrected chi connectivity index (χ2v) is 6.91. The smallest absolute Gasteiger partial charge is 0.331 e. The predicted octanol–water partition coefficient (Wildman–Crippen LogP) is 1.39. The Morgan fingerprint density at radius 1 is 1.24 bits per heavy atom. The Morgan fingerprint density at radius 3 is 2.59 bits per heavy atom. The zero-order valence-corrected chi connectivity index (χ0v) is 16.3. The zero-order valence-electron chi connectivity index (χ0n) is 15.5. The van der Waals surface area contributed by atoms with Gasteiger partial charge in [0.1, 0.15) is 11.5 Å². The number of anilines is 2. The summed E-state index contributed by atoms with van der Waals surface area (Å²) in [5.41, 5.74) is 0.151. The van der Waals surface area contributed by atoms with E-state index in [1.54, 1.807) is 17.5 Å². The van der Waals surface area contributed by atoms with Crippen molar-refractivity contribution in [2.45, 2.75) is 0 Å². The highest BCUT2D eigenvalue weighted by atomic mass is 32.1. The summed E-state index contributed by atoms with van der Waals surface area (Å²) in [4.78, 5) is 40.7. The standard InChI is InChI=1S/C18H17FN6O3S/c1-24-13(7-20)15(16(27)25(2)18(24)28)21-8-14(26)23-17-22-12(9-29-17)10-3-5-11(19)6-4-10/h3-7,9,20-21H,8H2,1-2H3,(H,22,23,26). The highest BCUT2D eigenvalue weighted by Crippen LogP contribution is 2.24. The first-order valence-electron chi connectivity index (χ1n) is 8.37. The van der Waals surface area contributed by atoms with Gasteiger partial charge in [-0.05, 0) is 24.3 Å². The van der Waals surface area contributed by atoms with Crippen molar-refractivity contribution < 1.29 is 9.18 Å². The molecule has 0 atom stereocenters. The van der Waals surface area contributed by atoms with Crippen LogP contribution in [0.3, 0.4) is 0 Å². The van der Waals surface area contributed by atoms with Gasteiger partial charge in [-0.2, -0.15) is 0 Å². The van der Waals surface area contributed by atoms with Crippen molar-refractivity contribution in [3.8, 4) is 11.3 Å². The molecular weight excluding hydrogens is 399 g/mol. The number of hydrogen-bond donors (Lipinski definition) is 3. The summed E-state index contributed by atoms with van der Waals surface area (Å²) in [5, 5.41) is 14.8. The Balaban J connectivity index is 1.72. The summed E-state index contributed by atoms with van der Waals surface area (Å²) in [6, 6.07) is 5.83. The largest absolute Gasteiger partial charge is 0.370 e. The number of carbonyl (C=O) groups excluding carboxylic acids is 1. The van der Waals surface area contributed by atoms with Crippen LogP contribution in [0.15, 0.2) is 39.2 Å². The molecule has 0 spiro atoms. The molecule has 3 aromatic rings. The minimum Gasteiger partial charge on any atom is -0.370 e. The fourth-order valence-corrected chi connectivity index (χ4v) is 3.35. The number of hydrogen-bond acceptors (Lipinski definition) is 7. The number of rotatable bonds is 6. The predicted molar refractivity (Wildman–Crippen MR) is 109 cm³/mol. The second-order valence-electron chi connectivity index (χ2n) is 6.06. The van der Waals surface area contributed by atoms with Gasteiger partial charge < -0.3 is 16.0 Å². The van der Waals surface area contributed by atoms with Crippen molar-refractivity contribution in [1.29, 1.82) is 5.41 Å². The molecule has 0 saturated heterocycles. The van der Waals surface area contributed by atoms with Gasteiger partial charge in [-0.1, -0.05) is 0 Å². The van der Waals surface area contributed by atoms with Crippen molar-refractivity contribution in [1.82, 2.24) is 14.1 Å². The molecule has 0 bridgehead atoms. The minimum absolute atomic E-state index is 0.0223. The number of nitrogens with one attached hydrogen (secondary N) is 3. The molecule has 0 fully saturated rings. The number of thiazole rings is 1. The summed E-state index contributed by atoms with van der Waals surface area (Å²) in [7, 11) is 2.75. The van der Waals surface area contributed by atoms with E-state index in [4.69, 9.17) is 5.41 Å². The molecule has 2 aromatic heterocycles. The highest BCUT2D eigenvalue weighted by molar-refractivity contribution is 7.14. The third kappa shape index (κ3) is 4.14. The molecule has 0 aliphatic rings. The van der Waals surface area contributed by atoms with Crippen LogP contribution in [0.4, 0.5) is 15.2 Å². The van der Waals surface area contributed by atoms with Crippen molar-refractivity contribution in [3.63, 3.8) is 0 Å². The molecule has 0 unspecified atom stereocenters. The van der Waals surface area contributed by atoms with Gasteiger partial charge in [0.05, 0.1) is 17.9 Å². The van der Waals surface area contributed by atoms with E-state index in [0.717, 1.165) is 15.3 Å². The van der Waals surface area contributed by atoms with Crippen LogP contribution in [0.5, 0.6) is 0 Å². The van der Waals surface area contributed by atoms with Crippen molar-refractivity contribution in [3.05, 3.63) is 62.0 Å². The number of halogens is 1. The molecule has 0 radical (unpaired) electrons. The fraction of sp³-hybridized carbons (Fsp3) is 0.167. The molecule has 0 aliphatic heterocycles. The number of amides is 1. The Kier molecular flexibility index (Phi) is 5.69. The van der Waals surface area contributed by atoms with Crippen LogP contribution >= 0.6 is 11.3 Å². The van der Waals surface area contributed by atoms with Gasteiger partial charge in [-0.15, -0.1) is 11.3 Å². The number of nitrogens with zero attached hydrogens (tertiary/aromatic N) is 3. The monoisotopic (exact) mass is 416 g/mol. The Labute approximate surface area is 168 Å². The van der Waals surface area contributed by atoms with Gasteiger partial charge in [0.2, 0.25) is 5.91 Å². The molecule has 9 nitrogen and oxygen atoms in total. The molecule has 0 aliphatic carbocycles. The van der Waals surface area contributed by atoms with E-state index >= 15 is 0 Å². The Morgan fingerprint density at radius 2 is 1.93 bits per heavy atom. The van der Waals surface area contributed by atoms with Crippen LogP contribution in [0.25, 0.3) is 11.3 Å². The molecule has 29 heavy (non-hydrogen) atoms. The van der Waals surface area contributed by atoms with E-state index in [1.165, 1.54) is 37.6 Å². The summed E-state index contributed by atoms with van der Waals surface area (Å²) in [6.07, 6.45) is 0.874. The molecule has 0 saturated carbocycles. The van der Waals surface area contributed by atoms with Crippen LogP contribution in [0.2, 0.25) is 0 Å². The summed E-state index contributed by atoms with van der Waals surface area (Å²) in [6.45, 7) is -0.264. The average Bonchev–Trinajstić information content (AvgIpc) is 3.17. The lowest BCUT2D eigenvalue weighted by Gasteiger charge is -2.13. The molecule has 3 N–H and O–H groups in total. The Hall–Kier alpha value is -3.60. The quantitative estimate of drug-likeness (QED) is 0.524. The SMILES string of the molecule is Cn1c(C=N)c(NCC(=O)Nc2nc(-c3ccc(F)cc3)cs2)c(=O)n(C)c1=O. The first-order valence-corrected chi connectivity index (χ1v) is 9.25. The highest BCUT2D eigenvalue weighted by Gasteiger charge is 2.15. The van der Waals surface area contributed by atoms with Crippen LogP contribution < -0.4 is 21.9 Å². The fourth-order valence-electron chi connectivity index (χ4n) is 2.61. The van der Waals surface area contributed by atoms with Gasteiger partial charge in [0, 0.05) is 31.3 Å².